The number of carbonyl (C=O) groups excluding carboxylic acids is 1. The molecule has 102 valence electrons. The van der Waals surface area contributed by atoms with Gasteiger partial charge in [-0.2, -0.15) is 0 Å². The number of anilines is 1. The number of nitrogens with one attached hydrogen (secondary N) is 2. The minimum Gasteiger partial charge on any atom is -0.480 e. The number of amides is 2. The molecule has 1 aromatic rings. The first-order valence-electron chi connectivity index (χ1n) is 5.48. The van der Waals surface area contributed by atoms with Gasteiger partial charge in [0.05, 0.1) is 4.92 Å². The first kappa shape index (κ1) is 14.4. The van der Waals surface area contributed by atoms with Crippen LogP contribution in [-0.2, 0) is 4.79 Å². The molecule has 0 aromatic heterocycles. The number of aliphatic carboxylic acids is 1. The van der Waals surface area contributed by atoms with Crippen molar-refractivity contribution >= 4 is 23.4 Å². The fourth-order valence-electron chi connectivity index (χ4n) is 1.33. The van der Waals surface area contributed by atoms with Gasteiger partial charge in [0.15, 0.2) is 0 Å². The van der Waals surface area contributed by atoms with E-state index in [0.717, 1.165) is 0 Å². The second-order valence-corrected chi connectivity index (χ2v) is 3.70. The van der Waals surface area contributed by atoms with Crippen molar-refractivity contribution in [1.82, 2.24) is 5.32 Å². The Labute approximate surface area is 108 Å². The van der Waals surface area contributed by atoms with E-state index >= 15 is 0 Å². The van der Waals surface area contributed by atoms with Crippen LogP contribution in [0.4, 0.5) is 16.2 Å². The quantitative estimate of drug-likeness (QED) is 0.552. The van der Waals surface area contributed by atoms with Gasteiger partial charge in [-0.05, 0) is 18.6 Å². The number of carboxylic acid groups (broad SMARTS) is 1. The van der Waals surface area contributed by atoms with Crippen molar-refractivity contribution in [3.63, 3.8) is 0 Å². The predicted molar refractivity (Wildman–Crippen MR) is 67.0 cm³/mol. The Morgan fingerprint density at radius 1 is 1.37 bits per heavy atom. The van der Waals surface area contributed by atoms with Crippen LogP contribution in [0, 0.1) is 10.1 Å². The number of urea groups is 1. The van der Waals surface area contributed by atoms with Crippen molar-refractivity contribution in [3.05, 3.63) is 34.4 Å². The topological polar surface area (TPSA) is 122 Å². The molecule has 8 nitrogen and oxygen atoms in total. The molecule has 8 heteroatoms. The number of non-ortho nitro benzene ring substituents is 1. The molecule has 0 aliphatic rings. The highest BCUT2D eigenvalue weighted by molar-refractivity contribution is 5.92. The van der Waals surface area contributed by atoms with Gasteiger partial charge >= 0.3 is 12.0 Å². The molecule has 0 radical (unpaired) electrons. The van der Waals surface area contributed by atoms with Gasteiger partial charge in [-0.15, -0.1) is 0 Å². The van der Waals surface area contributed by atoms with Gasteiger partial charge < -0.3 is 15.7 Å². The number of carbonyl (C=O) groups is 2. The highest BCUT2D eigenvalue weighted by atomic mass is 16.6. The summed E-state index contributed by atoms with van der Waals surface area (Å²) in [6.45, 7) is 1.63. The summed E-state index contributed by atoms with van der Waals surface area (Å²) in [5.74, 6) is -1.12. The van der Waals surface area contributed by atoms with Gasteiger partial charge in [0.2, 0.25) is 0 Å². The second kappa shape index (κ2) is 6.34. The molecule has 1 atom stereocenters. The van der Waals surface area contributed by atoms with E-state index in [1.807, 2.05) is 0 Å². The number of hydrogen-bond acceptors (Lipinski definition) is 4. The van der Waals surface area contributed by atoms with E-state index in [0.29, 0.717) is 5.69 Å². The van der Waals surface area contributed by atoms with Crippen molar-refractivity contribution in [2.75, 3.05) is 5.32 Å². The van der Waals surface area contributed by atoms with Gasteiger partial charge in [0.25, 0.3) is 5.69 Å². The molecule has 0 aliphatic carbocycles. The smallest absolute Gasteiger partial charge is 0.326 e. The molecule has 0 fully saturated rings. The summed E-state index contributed by atoms with van der Waals surface area (Å²) in [7, 11) is 0. The van der Waals surface area contributed by atoms with Gasteiger partial charge in [-0.1, -0.05) is 6.92 Å². The molecule has 0 heterocycles. The zero-order chi connectivity index (χ0) is 14.4. The summed E-state index contributed by atoms with van der Waals surface area (Å²) in [5.41, 5.74) is 0.242. The second-order valence-electron chi connectivity index (χ2n) is 3.70. The Hall–Kier alpha value is -2.64. The van der Waals surface area contributed by atoms with Gasteiger partial charge in [-0.25, -0.2) is 9.59 Å². The lowest BCUT2D eigenvalue weighted by atomic mass is 10.2. The number of nitro groups is 1. The van der Waals surface area contributed by atoms with Crippen molar-refractivity contribution < 1.29 is 19.6 Å². The zero-order valence-corrected chi connectivity index (χ0v) is 10.1. The normalized spacial score (nSPS) is 11.4. The fourth-order valence-corrected chi connectivity index (χ4v) is 1.33. The Balaban J connectivity index is 2.61. The van der Waals surface area contributed by atoms with Crippen molar-refractivity contribution in [3.8, 4) is 0 Å². The number of carboxylic acids is 1. The van der Waals surface area contributed by atoms with E-state index in [9.17, 15) is 19.7 Å². The fraction of sp³-hybridized carbons (Fsp3) is 0.273. The average Bonchev–Trinajstić information content (AvgIpc) is 2.36. The lowest BCUT2D eigenvalue weighted by molar-refractivity contribution is -0.384. The zero-order valence-electron chi connectivity index (χ0n) is 10.1. The van der Waals surface area contributed by atoms with Crippen LogP contribution >= 0.6 is 0 Å². The molecule has 0 saturated heterocycles. The van der Waals surface area contributed by atoms with Crippen LogP contribution in [0.3, 0.4) is 0 Å². The molecule has 3 N–H and O–H groups in total. The van der Waals surface area contributed by atoms with Crippen LogP contribution in [0.2, 0.25) is 0 Å². The summed E-state index contributed by atoms with van der Waals surface area (Å²) in [6, 6.07) is 3.55. The third-order valence-corrected chi connectivity index (χ3v) is 2.35. The molecule has 19 heavy (non-hydrogen) atoms. The molecule has 0 saturated carbocycles. The van der Waals surface area contributed by atoms with E-state index in [1.165, 1.54) is 24.3 Å². The number of benzene rings is 1. The van der Waals surface area contributed by atoms with Crippen molar-refractivity contribution in [2.24, 2.45) is 0 Å². The molecule has 1 aromatic carbocycles. The maximum atomic E-state index is 11.5. The third-order valence-electron chi connectivity index (χ3n) is 2.35. The molecular formula is C11H13N3O5. The number of hydrogen-bond donors (Lipinski definition) is 3. The Morgan fingerprint density at radius 3 is 2.37 bits per heavy atom. The van der Waals surface area contributed by atoms with Crippen LogP contribution in [0.15, 0.2) is 24.3 Å². The summed E-state index contributed by atoms with van der Waals surface area (Å²) >= 11 is 0. The Bertz CT molecular complexity index is 486. The third kappa shape index (κ3) is 4.26. The van der Waals surface area contributed by atoms with Gasteiger partial charge in [0.1, 0.15) is 6.04 Å². The van der Waals surface area contributed by atoms with Crippen LogP contribution in [-0.4, -0.2) is 28.1 Å². The van der Waals surface area contributed by atoms with Crippen LogP contribution in [0.5, 0.6) is 0 Å². The molecule has 0 bridgehead atoms. The van der Waals surface area contributed by atoms with Gasteiger partial charge in [0, 0.05) is 17.8 Å². The minimum absolute atomic E-state index is 0.0945. The summed E-state index contributed by atoms with van der Waals surface area (Å²) in [6.07, 6.45) is 0.253. The van der Waals surface area contributed by atoms with E-state index in [-0.39, 0.29) is 12.1 Å². The number of nitro benzene ring substituents is 1. The highest BCUT2D eigenvalue weighted by Gasteiger charge is 2.17. The lowest BCUT2D eigenvalue weighted by Gasteiger charge is -2.12. The maximum absolute atomic E-state index is 11.5. The largest absolute Gasteiger partial charge is 0.480 e. The van der Waals surface area contributed by atoms with Crippen molar-refractivity contribution in [1.29, 1.82) is 0 Å². The first-order valence-corrected chi connectivity index (χ1v) is 5.48. The lowest BCUT2D eigenvalue weighted by Crippen LogP contribution is -2.42. The Kier molecular flexibility index (Phi) is 4.81. The molecule has 1 rings (SSSR count). The standard InChI is InChI=1S/C11H13N3O5/c1-2-9(10(15)16)13-11(17)12-7-3-5-8(6-4-7)14(18)19/h3-6,9H,2H2,1H3,(H,15,16)(H2,12,13,17)/t9-/m1/s1. The number of rotatable bonds is 5. The maximum Gasteiger partial charge on any atom is 0.326 e. The molecule has 0 unspecified atom stereocenters. The molecular weight excluding hydrogens is 254 g/mol. The summed E-state index contributed by atoms with van der Waals surface area (Å²) in [5, 5.41) is 23.9. The predicted octanol–water partition coefficient (Wildman–Crippen LogP) is 1.58. The van der Waals surface area contributed by atoms with Crippen LogP contribution in [0.25, 0.3) is 0 Å². The first-order chi connectivity index (χ1) is 8.93. The van der Waals surface area contributed by atoms with E-state index < -0.39 is 23.0 Å². The minimum atomic E-state index is -1.12. The number of nitrogens with zero attached hydrogens (tertiary/aromatic N) is 1. The van der Waals surface area contributed by atoms with Crippen LogP contribution in [0.1, 0.15) is 13.3 Å². The molecule has 0 aliphatic heterocycles. The monoisotopic (exact) mass is 267 g/mol. The van der Waals surface area contributed by atoms with E-state index in [1.54, 1.807) is 6.92 Å². The summed E-state index contributed by atoms with van der Waals surface area (Å²) < 4.78 is 0. The van der Waals surface area contributed by atoms with E-state index in [4.69, 9.17) is 5.11 Å². The Morgan fingerprint density at radius 2 is 1.95 bits per heavy atom. The molecule has 0 spiro atoms. The van der Waals surface area contributed by atoms with Gasteiger partial charge in [-0.3, -0.25) is 10.1 Å². The van der Waals surface area contributed by atoms with E-state index in [2.05, 4.69) is 10.6 Å². The van der Waals surface area contributed by atoms with Crippen LogP contribution < -0.4 is 10.6 Å². The van der Waals surface area contributed by atoms with Crippen molar-refractivity contribution in [2.45, 2.75) is 19.4 Å². The SMILES string of the molecule is CC[C@@H](NC(=O)Nc1ccc([N+](=O)[O-])cc1)C(=O)O. The molecule has 2 amide bonds. The average molecular weight is 267 g/mol. The highest BCUT2D eigenvalue weighted by Crippen LogP contribution is 2.15. The summed E-state index contributed by atoms with van der Waals surface area (Å²) in [4.78, 5) is 32.1.